The van der Waals surface area contributed by atoms with Crippen LogP contribution in [-0.2, 0) is 16.0 Å². The summed E-state index contributed by atoms with van der Waals surface area (Å²) in [5, 5.41) is 0. The first-order valence-corrected chi connectivity index (χ1v) is 4.38. The minimum absolute atomic E-state index is 0.263. The van der Waals surface area contributed by atoms with Gasteiger partial charge in [-0.3, -0.25) is 4.79 Å². The minimum atomic E-state index is -0.415. The molecule has 0 N–H and O–H groups in total. The summed E-state index contributed by atoms with van der Waals surface area (Å²) in [6.45, 7) is 1.99. The van der Waals surface area contributed by atoms with Crippen LogP contribution in [0.2, 0.25) is 0 Å². The average Bonchev–Trinajstić information content (AvgIpc) is 2.15. The van der Waals surface area contributed by atoms with Crippen LogP contribution in [0.15, 0.2) is 29.3 Å². The van der Waals surface area contributed by atoms with Gasteiger partial charge in [-0.2, -0.15) is 0 Å². The van der Waals surface area contributed by atoms with E-state index >= 15 is 0 Å². The molecule has 3 nitrogen and oxygen atoms in total. The molecule has 14 heavy (non-hydrogen) atoms. The van der Waals surface area contributed by atoms with Gasteiger partial charge in [0.25, 0.3) is 5.91 Å². The summed E-state index contributed by atoms with van der Waals surface area (Å²) in [7, 11) is 0. The maximum absolute atomic E-state index is 10.9. The van der Waals surface area contributed by atoms with Gasteiger partial charge in [-0.25, -0.2) is 4.79 Å². The van der Waals surface area contributed by atoms with E-state index in [-0.39, 0.29) is 6.42 Å². The van der Waals surface area contributed by atoms with Gasteiger partial charge in [0.15, 0.2) is 0 Å². The molecule has 0 saturated heterocycles. The van der Waals surface area contributed by atoms with E-state index in [2.05, 4.69) is 4.99 Å². The van der Waals surface area contributed by atoms with E-state index in [9.17, 15) is 9.59 Å². The summed E-state index contributed by atoms with van der Waals surface area (Å²) in [6, 6.07) is 7.90. The molecule has 0 fully saturated rings. The molecular formula is C11H11NO2. The fourth-order valence-corrected chi connectivity index (χ4v) is 1.23. The van der Waals surface area contributed by atoms with Crippen molar-refractivity contribution in [3.63, 3.8) is 0 Å². The summed E-state index contributed by atoms with van der Waals surface area (Å²) in [6.07, 6.45) is 2.12. The number of carbonyl (C=O) groups excluding carboxylic acids is 2. The average molecular weight is 189 g/mol. The van der Waals surface area contributed by atoms with Gasteiger partial charge in [0, 0.05) is 6.42 Å². The highest BCUT2D eigenvalue weighted by molar-refractivity contribution is 5.81. The molecule has 3 heteroatoms. The molecule has 1 aromatic carbocycles. The van der Waals surface area contributed by atoms with Crippen LogP contribution in [0.4, 0.5) is 0 Å². The lowest BCUT2D eigenvalue weighted by Crippen LogP contribution is -1.96. The standard InChI is InChI=1S/C11H11NO2/c1-9-3-2-4-10(7-9)5-6-11(14)12-8-13/h2-4,7H,5-6H2,1H3. The van der Waals surface area contributed by atoms with Gasteiger partial charge in [-0.15, -0.1) is 4.99 Å². The van der Waals surface area contributed by atoms with E-state index in [1.807, 2.05) is 31.2 Å². The van der Waals surface area contributed by atoms with Gasteiger partial charge >= 0.3 is 0 Å². The van der Waals surface area contributed by atoms with Crippen LogP contribution >= 0.6 is 0 Å². The highest BCUT2D eigenvalue weighted by Crippen LogP contribution is 2.06. The Morgan fingerprint density at radius 2 is 2.29 bits per heavy atom. The van der Waals surface area contributed by atoms with E-state index in [1.54, 1.807) is 0 Å². The Hall–Kier alpha value is -1.73. The van der Waals surface area contributed by atoms with Crippen LogP contribution in [0.5, 0.6) is 0 Å². The monoisotopic (exact) mass is 189 g/mol. The molecule has 0 heterocycles. The number of benzene rings is 1. The summed E-state index contributed by atoms with van der Waals surface area (Å²) in [5.41, 5.74) is 2.24. The van der Waals surface area contributed by atoms with Crippen molar-refractivity contribution in [2.45, 2.75) is 19.8 Å². The molecule has 0 aliphatic heterocycles. The van der Waals surface area contributed by atoms with Crippen LogP contribution in [0.3, 0.4) is 0 Å². The van der Waals surface area contributed by atoms with Crippen LogP contribution < -0.4 is 0 Å². The van der Waals surface area contributed by atoms with Gasteiger partial charge in [-0.1, -0.05) is 29.8 Å². The Morgan fingerprint density at radius 1 is 1.50 bits per heavy atom. The van der Waals surface area contributed by atoms with Gasteiger partial charge in [0.1, 0.15) is 0 Å². The second-order valence-electron chi connectivity index (χ2n) is 3.09. The molecule has 1 rings (SSSR count). The molecule has 1 amide bonds. The van der Waals surface area contributed by atoms with Crippen LogP contribution in [0, 0.1) is 6.92 Å². The van der Waals surface area contributed by atoms with Crippen LogP contribution in [-0.4, -0.2) is 12.0 Å². The van der Waals surface area contributed by atoms with Crippen LogP contribution in [0.1, 0.15) is 17.5 Å². The topological polar surface area (TPSA) is 46.5 Å². The van der Waals surface area contributed by atoms with E-state index in [0.29, 0.717) is 6.42 Å². The molecule has 0 aliphatic rings. The highest BCUT2D eigenvalue weighted by Gasteiger charge is 2.00. The van der Waals surface area contributed by atoms with Crippen molar-refractivity contribution in [1.29, 1.82) is 0 Å². The van der Waals surface area contributed by atoms with Crippen LogP contribution in [0.25, 0.3) is 0 Å². The minimum Gasteiger partial charge on any atom is -0.272 e. The molecule has 0 atom stereocenters. The Morgan fingerprint density at radius 3 is 2.93 bits per heavy atom. The second-order valence-corrected chi connectivity index (χ2v) is 3.09. The third-order valence-corrected chi connectivity index (χ3v) is 1.88. The van der Waals surface area contributed by atoms with E-state index in [0.717, 1.165) is 11.1 Å². The molecule has 1 aromatic rings. The second kappa shape index (κ2) is 5.10. The molecule has 0 saturated carbocycles. The zero-order chi connectivity index (χ0) is 10.4. The van der Waals surface area contributed by atoms with Gasteiger partial charge in [0.05, 0.1) is 0 Å². The predicted octanol–water partition coefficient (Wildman–Crippen LogP) is 1.79. The molecule has 0 aromatic heterocycles. The first kappa shape index (κ1) is 10.4. The number of amides is 1. The number of isocyanates is 1. The van der Waals surface area contributed by atoms with Crippen molar-refractivity contribution < 1.29 is 9.59 Å². The summed E-state index contributed by atoms with van der Waals surface area (Å²) < 4.78 is 0. The van der Waals surface area contributed by atoms with Crippen molar-refractivity contribution in [1.82, 2.24) is 0 Å². The maximum atomic E-state index is 10.9. The largest absolute Gasteiger partial charge is 0.272 e. The first-order chi connectivity index (χ1) is 6.72. The Bertz CT molecular complexity index is 379. The third-order valence-electron chi connectivity index (χ3n) is 1.88. The SMILES string of the molecule is Cc1cccc(CCC(=O)N=C=O)c1. The summed E-state index contributed by atoms with van der Waals surface area (Å²) in [5.74, 6) is -0.415. The van der Waals surface area contributed by atoms with Crippen molar-refractivity contribution in [2.75, 3.05) is 0 Å². The zero-order valence-corrected chi connectivity index (χ0v) is 7.99. The number of hydrogen-bond donors (Lipinski definition) is 0. The van der Waals surface area contributed by atoms with Crippen molar-refractivity contribution in [3.8, 4) is 0 Å². The fourth-order valence-electron chi connectivity index (χ4n) is 1.23. The lowest BCUT2D eigenvalue weighted by atomic mass is 10.1. The number of aliphatic imine (C=N–C) groups is 1. The fraction of sp³-hybridized carbons (Fsp3) is 0.273. The highest BCUT2D eigenvalue weighted by atomic mass is 16.2. The molecule has 0 unspecified atom stereocenters. The molecule has 72 valence electrons. The number of carbonyl (C=O) groups is 1. The number of hydrogen-bond acceptors (Lipinski definition) is 2. The van der Waals surface area contributed by atoms with Gasteiger partial charge < -0.3 is 0 Å². The molecule has 0 bridgehead atoms. The quantitative estimate of drug-likeness (QED) is 0.537. The van der Waals surface area contributed by atoms with E-state index < -0.39 is 5.91 Å². The first-order valence-electron chi connectivity index (χ1n) is 4.38. The normalized spacial score (nSPS) is 9.21. The number of aryl methyl sites for hydroxylation is 2. The Labute approximate surface area is 82.5 Å². The zero-order valence-electron chi connectivity index (χ0n) is 7.99. The molecule has 0 spiro atoms. The summed E-state index contributed by atoms with van der Waals surface area (Å²) >= 11 is 0. The smallest absolute Gasteiger partial charge is 0.256 e. The number of rotatable bonds is 3. The summed E-state index contributed by atoms with van der Waals surface area (Å²) in [4.78, 5) is 23.7. The maximum Gasteiger partial charge on any atom is 0.256 e. The molecule has 0 aliphatic carbocycles. The lowest BCUT2D eigenvalue weighted by Gasteiger charge is -1.99. The predicted molar refractivity (Wildman–Crippen MR) is 52.6 cm³/mol. The molecular weight excluding hydrogens is 178 g/mol. The lowest BCUT2D eigenvalue weighted by molar-refractivity contribution is -0.117. The van der Waals surface area contributed by atoms with Crippen molar-refractivity contribution >= 4 is 12.0 Å². The number of nitrogens with zero attached hydrogens (tertiary/aromatic N) is 1. The van der Waals surface area contributed by atoms with Crippen molar-refractivity contribution in [2.24, 2.45) is 4.99 Å². The van der Waals surface area contributed by atoms with Crippen molar-refractivity contribution in [3.05, 3.63) is 35.4 Å². The molecule has 0 radical (unpaired) electrons. The van der Waals surface area contributed by atoms with Gasteiger partial charge in [0.2, 0.25) is 6.08 Å². The Balaban J connectivity index is 2.53. The Kier molecular flexibility index (Phi) is 3.77. The van der Waals surface area contributed by atoms with E-state index in [1.165, 1.54) is 6.08 Å². The third kappa shape index (κ3) is 3.33. The van der Waals surface area contributed by atoms with E-state index in [4.69, 9.17) is 0 Å². The van der Waals surface area contributed by atoms with Gasteiger partial charge in [-0.05, 0) is 18.9 Å².